The summed E-state index contributed by atoms with van der Waals surface area (Å²) in [4.78, 5) is 4.14. The van der Waals surface area contributed by atoms with Gasteiger partial charge in [-0.25, -0.2) is 18.1 Å². The molecule has 3 rings (SSSR count). The monoisotopic (exact) mass is 362 g/mol. The van der Waals surface area contributed by atoms with Crippen molar-refractivity contribution in [3.05, 3.63) is 28.1 Å². The van der Waals surface area contributed by atoms with Crippen LogP contribution in [0.1, 0.15) is 24.7 Å². The molecule has 0 spiro atoms. The number of hydrogen-bond donors (Lipinski definition) is 1. The van der Waals surface area contributed by atoms with Gasteiger partial charge in [-0.1, -0.05) is 0 Å². The fourth-order valence-electron chi connectivity index (χ4n) is 2.11. The maximum atomic E-state index is 12.3. The van der Waals surface area contributed by atoms with Gasteiger partial charge in [-0.15, -0.1) is 11.3 Å². The van der Waals surface area contributed by atoms with Gasteiger partial charge in [0, 0.05) is 11.0 Å². The third kappa shape index (κ3) is 2.47. The van der Waals surface area contributed by atoms with Crippen LogP contribution in [0.2, 0.25) is 0 Å². The lowest BCUT2D eigenvalue weighted by molar-refractivity contribution is 0.400. The number of rotatable bonds is 3. The molecule has 3 heterocycles. The molecule has 1 aliphatic rings. The van der Waals surface area contributed by atoms with Crippen molar-refractivity contribution >= 4 is 37.3 Å². The lowest BCUT2D eigenvalue weighted by Crippen LogP contribution is -2.33. The predicted octanol–water partition coefficient (Wildman–Crippen LogP) is 1.92. The van der Waals surface area contributed by atoms with Crippen molar-refractivity contribution in [2.45, 2.75) is 29.6 Å². The van der Waals surface area contributed by atoms with Gasteiger partial charge in [-0.3, -0.25) is 0 Å². The average molecular weight is 363 g/mol. The number of nitrogens with zero attached hydrogens (tertiary/aromatic N) is 3. The number of nitrogens with one attached hydrogen (secondary N) is 1. The predicted molar refractivity (Wildman–Crippen MR) is 74.3 cm³/mol. The van der Waals surface area contributed by atoms with Gasteiger partial charge in [-0.2, -0.15) is 9.82 Å². The molecule has 0 aliphatic carbocycles. The van der Waals surface area contributed by atoms with Crippen LogP contribution >= 0.6 is 27.3 Å². The number of aryl methyl sites for hydroxylation is 1. The molecule has 0 fully saturated rings. The smallest absolute Gasteiger partial charge is 0.248 e. The molecule has 0 saturated heterocycles. The summed E-state index contributed by atoms with van der Waals surface area (Å²) in [5, 5.41) is 5.82. The van der Waals surface area contributed by atoms with Crippen molar-refractivity contribution in [2.24, 2.45) is 0 Å². The van der Waals surface area contributed by atoms with E-state index in [1.165, 1.54) is 17.7 Å². The molecule has 2 aromatic heterocycles. The normalized spacial score (nSPS) is 19.3. The second-order valence-corrected chi connectivity index (χ2v) is 7.89. The number of thiophene rings is 1. The van der Waals surface area contributed by atoms with E-state index >= 15 is 0 Å². The summed E-state index contributed by atoms with van der Waals surface area (Å²) in [5.74, 6) is 0.683. The first-order chi connectivity index (χ1) is 9.08. The number of halogens is 1. The molecule has 0 unspecified atom stereocenters. The fourth-order valence-corrected chi connectivity index (χ4v) is 5.70. The molecule has 102 valence electrons. The van der Waals surface area contributed by atoms with Crippen LogP contribution in [-0.2, 0) is 16.6 Å². The van der Waals surface area contributed by atoms with Gasteiger partial charge in [-0.05, 0) is 40.2 Å². The van der Waals surface area contributed by atoms with E-state index in [1.54, 1.807) is 16.1 Å². The molecule has 6 nitrogen and oxygen atoms in total. The van der Waals surface area contributed by atoms with Crippen molar-refractivity contribution in [3.63, 3.8) is 0 Å². The maximum absolute atomic E-state index is 12.3. The van der Waals surface area contributed by atoms with Crippen LogP contribution in [0.15, 0.2) is 26.5 Å². The van der Waals surface area contributed by atoms with Crippen molar-refractivity contribution in [1.29, 1.82) is 0 Å². The number of aromatic nitrogens is 3. The molecule has 0 radical (unpaired) electrons. The van der Waals surface area contributed by atoms with Crippen LogP contribution in [0, 0.1) is 0 Å². The molecule has 0 saturated carbocycles. The first kappa shape index (κ1) is 13.2. The molecule has 19 heavy (non-hydrogen) atoms. The Kier molecular flexibility index (Phi) is 3.46. The summed E-state index contributed by atoms with van der Waals surface area (Å²) in [6.45, 7) is 0.788. The summed E-state index contributed by atoms with van der Waals surface area (Å²) in [6.07, 6.45) is 3.08. The topological polar surface area (TPSA) is 76.9 Å². The second kappa shape index (κ2) is 4.97. The summed E-state index contributed by atoms with van der Waals surface area (Å²) in [5.41, 5.74) is 0. The van der Waals surface area contributed by atoms with E-state index in [0.29, 0.717) is 14.5 Å². The number of sulfonamides is 1. The van der Waals surface area contributed by atoms with Crippen LogP contribution in [0.4, 0.5) is 0 Å². The van der Waals surface area contributed by atoms with Gasteiger partial charge in [0.15, 0.2) is 0 Å². The first-order valence-corrected chi connectivity index (χ1v) is 8.86. The molecular formula is C10H11BrN4O2S2. The Morgan fingerprint density at radius 3 is 3.11 bits per heavy atom. The third-order valence-electron chi connectivity index (χ3n) is 2.95. The Bertz CT molecular complexity index is 694. The lowest BCUT2D eigenvalue weighted by Gasteiger charge is -2.22. The van der Waals surface area contributed by atoms with Gasteiger partial charge in [0.1, 0.15) is 16.4 Å². The van der Waals surface area contributed by atoms with Crippen molar-refractivity contribution in [3.8, 4) is 0 Å². The fraction of sp³-hybridized carbons (Fsp3) is 0.400. The minimum Gasteiger partial charge on any atom is -0.248 e. The zero-order valence-corrected chi connectivity index (χ0v) is 13.0. The van der Waals surface area contributed by atoms with Crippen LogP contribution in [-0.4, -0.2) is 23.2 Å². The van der Waals surface area contributed by atoms with E-state index in [-0.39, 0.29) is 6.04 Å². The molecule has 9 heteroatoms. The number of fused-ring (bicyclic) bond motifs is 1. The summed E-state index contributed by atoms with van der Waals surface area (Å²) in [6, 6.07) is 1.41. The molecule has 1 aliphatic heterocycles. The van der Waals surface area contributed by atoms with E-state index in [2.05, 4.69) is 30.7 Å². The summed E-state index contributed by atoms with van der Waals surface area (Å²) >= 11 is 4.44. The standard InChI is InChI=1S/C10H11BrN4O2S2/c11-7-3-5-18-10(7)19(16,17)14-8-2-1-4-15-9(8)12-6-13-15/h3,5-6,8,14H,1-2,4H2/t8-/m1/s1. The third-order valence-corrected chi connectivity index (χ3v) is 7.09. The Morgan fingerprint density at radius 2 is 2.37 bits per heavy atom. The summed E-state index contributed by atoms with van der Waals surface area (Å²) in [7, 11) is -3.53. The quantitative estimate of drug-likeness (QED) is 0.904. The Morgan fingerprint density at radius 1 is 1.53 bits per heavy atom. The van der Waals surface area contributed by atoms with Crippen LogP contribution in [0.25, 0.3) is 0 Å². The van der Waals surface area contributed by atoms with Gasteiger partial charge >= 0.3 is 0 Å². The Balaban J connectivity index is 1.90. The van der Waals surface area contributed by atoms with E-state index < -0.39 is 10.0 Å². The molecule has 0 bridgehead atoms. The zero-order chi connectivity index (χ0) is 13.5. The van der Waals surface area contributed by atoms with Crippen molar-refractivity contribution in [2.75, 3.05) is 0 Å². The van der Waals surface area contributed by atoms with E-state index in [4.69, 9.17) is 0 Å². The lowest BCUT2D eigenvalue weighted by atomic mass is 10.1. The minimum atomic E-state index is -3.53. The van der Waals surface area contributed by atoms with Crippen molar-refractivity contribution in [1.82, 2.24) is 19.5 Å². The zero-order valence-electron chi connectivity index (χ0n) is 9.78. The molecule has 0 aromatic carbocycles. The molecule has 1 N–H and O–H groups in total. The Hall–Kier alpha value is -0.770. The largest absolute Gasteiger partial charge is 0.251 e. The highest BCUT2D eigenvalue weighted by Gasteiger charge is 2.29. The first-order valence-electron chi connectivity index (χ1n) is 5.71. The molecular weight excluding hydrogens is 352 g/mol. The average Bonchev–Trinajstić information content (AvgIpc) is 2.97. The molecule has 0 amide bonds. The highest BCUT2D eigenvalue weighted by molar-refractivity contribution is 9.10. The van der Waals surface area contributed by atoms with Crippen LogP contribution < -0.4 is 4.72 Å². The van der Waals surface area contributed by atoms with Gasteiger partial charge in [0.2, 0.25) is 0 Å². The molecule has 2 aromatic rings. The minimum absolute atomic E-state index is 0.295. The van der Waals surface area contributed by atoms with Gasteiger partial charge in [0.25, 0.3) is 10.0 Å². The van der Waals surface area contributed by atoms with Gasteiger partial charge in [0.05, 0.1) is 6.04 Å². The Labute approximate surface area is 123 Å². The van der Waals surface area contributed by atoms with E-state index in [0.717, 1.165) is 19.4 Å². The number of hydrogen-bond acceptors (Lipinski definition) is 5. The van der Waals surface area contributed by atoms with E-state index in [1.807, 2.05) is 0 Å². The second-order valence-electron chi connectivity index (χ2n) is 4.21. The van der Waals surface area contributed by atoms with E-state index in [9.17, 15) is 8.42 Å². The highest BCUT2D eigenvalue weighted by Crippen LogP contribution is 2.30. The SMILES string of the molecule is O=S(=O)(N[C@@H]1CCCn2ncnc21)c1sccc1Br. The van der Waals surface area contributed by atoms with Gasteiger partial charge < -0.3 is 0 Å². The van der Waals surface area contributed by atoms with Crippen LogP contribution in [0.3, 0.4) is 0 Å². The molecule has 1 atom stereocenters. The maximum Gasteiger partial charge on any atom is 0.251 e. The van der Waals surface area contributed by atoms with Crippen LogP contribution in [0.5, 0.6) is 0 Å². The van der Waals surface area contributed by atoms with Crippen molar-refractivity contribution < 1.29 is 8.42 Å². The highest BCUT2D eigenvalue weighted by atomic mass is 79.9. The summed E-state index contributed by atoms with van der Waals surface area (Å²) < 4.78 is 30.0.